The molecule has 0 amide bonds. The molecule has 1 aliphatic carbocycles. The molecule has 2 saturated heterocycles. The average molecular weight is 288 g/mol. The minimum atomic E-state index is 0.738. The van der Waals surface area contributed by atoms with E-state index in [1.165, 1.54) is 69.8 Å². The Balaban J connectivity index is 1.44. The fourth-order valence-electron chi connectivity index (χ4n) is 4.07. The number of aromatic nitrogens is 2. The zero-order valence-electron chi connectivity index (χ0n) is 13.2. The first-order valence-electron chi connectivity index (χ1n) is 8.91. The van der Waals surface area contributed by atoms with Gasteiger partial charge in [0.1, 0.15) is 0 Å². The Morgan fingerprint density at radius 3 is 2.62 bits per heavy atom. The van der Waals surface area contributed by atoms with E-state index in [9.17, 15) is 0 Å². The molecular formula is C17H28N4. The van der Waals surface area contributed by atoms with E-state index >= 15 is 0 Å². The Morgan fingerprint density at radius 1 is 1.19 bits per heavy atom. The molecule has 1 aromatic rings. The van der Waals surface area contributed by atoms with Crippen molar-refractivity contribution in [3.8, 4) is 0 Å². The van der Waals surface area contributed by atoms with Crippen molar-refractivity contribution in [3.63, 3.8) is 0 Å². The standard InChI is InChI=1S/C17H28N4/c1-2-14-12-21(15-5-6-15)17(19-14)20-10-7-13(8-11-20)16-4-3-9-18-16/h12-13,15-16,18H,2-11H2,1H3. The van der Waals surface area contributed by atoms with Crippen LogP contribution in [0.25, 0.3) is 0 Å². The van der Waals surface area contributed by atoms with Gasteiger partial charge in [0.25, 0.3) is 0 Å². The minimum absolute atomic E-state index is 0.738. The topological polar surface area (TPSA) is 33.1 Å². The number of hydrogen-bond acceptors (Lipinski definition) is 3. The maximum Gasteiger partial charge on any atom is 0.205 e. The number of anilines is 1. The molecule has 2 aliphatic heterocycles. The summed E-state index contributed by atoms with van der Waals surface area (Å²) in [4.78, 5) is 7.45. The molecule has 1 saturated carbocycles. The van der Waals surface area contributed by atoms with Gasteiger partial charge in [0.15, 0.2) is 0 Å². The van der Waals surface area contributed by atoms with Crippen molar-refractivity contribution in [2.75, 3.05) is 24.5 Å². The van der Waals surface area contributed by atoms with Gasteiger partial charge in [0.05, 0.1) is 5.69 Å². The number of nitrogens with one attached hydrogen (secondary N) is 1. The van der Waals surface area contributed by atoms with Gasteiger partial charge in [-0.2, -0.15) is 0 Å². The van der Waals surface area contributed by atoms with Gasteiger partial charge in [-0.15, -0.1) is 0 Å². The van der Waals surface area contributed by atoms with Crippen LogP contribution in [0.2, 0.25) is 0 Å². The third-order valence-electron chi connectivity index (χ3n) is 5.56. The van der Waals surface area contributed by atoms with Crippen LogP contribution in [0.4, 0.5) is 5.95 Å². The molecule has 0 aromatic carbocycles. The smallest absolute Gasteiger partial charge is 0.205 e. The van der Waals surface area contributed by atoms with Crippen molar-refractivity contribution < 1.29 is 0 Å². The van der Waals surface area contributed by atoms with Crippen LogP contribution in [0, 0.1) is 5.92 Å². The van der Waals surface area contributed by atoms with Gasteiger partial charge in [-0.1, -0.05) is 6.92 Å². The van der Waals surface area contributed by atoms with Gasteiger partial charge in [-0.3, -0.25) is 0 Å². The third-order valence-corrected chi connectivity index (χ3v) is 5.56. The molecule has 1 unspecified atom stereocenters. The van der Waals surface area contributed by atoms with Crippen molar-refractivity contribution in [1.82, 2.24) is 14.9 Å². The fourth-order valence-corrected chi connectivity index (χ4v) is 4.07. The molecule has 1 N–H and O–H groups in total. The Morgan fingerprint density at radius 2 is 2.00 bits per heavy atom. The SMILES string of the molecule is CCc1cn(C2CC2)c(N2CCC(C3CCCN3)CC2)n1. The van der Waals surface area contributed by atoms with Crippen LogP contribution in [-0.4, -0.2) is 35.2 Å². The lowest BCUT2D eigenvalue weighted by Gasteiger charge is -2.35. The number of nitrogens with zero attached hydrogens (tertiary/aromatic N) is 3. The molecule has 1 aromatic heterocycles. The van der Waals surface area contributed by atoms with Crippen molar-refractivity contribution >= 4 is 5.95 Å². The highest BCUT2D eigenvalue weighted by molar-refractivity contribution is 5.36. The molecular weight excluding hydrogens is 260 g/mol. The largest absolute Gasteiger partial charge is 0.342 e. The summed E-state index contributed by atoms with van der Waals surface area (Å²) in [6, 6.07) is 1.53. The number of imidazole rings is 1. The summed E-state index contributed by atoms with van der Waals surface area (Å²) in [5.41, 5.74) is 1.26. The second-order valence-electron chi connectivity index (χ2n) is 7.05. The van der Waals surface area contributed by atoms with Gasteiger partial charge >= 0.3 is 0 Å². The molecule has 1 atom stereocenters. The van der Waals surface area contributed by atoms with Crippen LogP contribution in [0.3, 0.4) is 0 Å². The fraction of sp³-hybridized carbons (Fsp3) is 0.824. The summed E-state index contributed by atoms with van der Waals surface area (Å²) in [7, 11) is 0. The molecule has 4 rings (SSSR count). The van der Waals surface area contributed by atoms with Crippen LogP contribution in [0.15, 0.2) is 6.20 Å². The quantitative estimate of drug-likeness (QED) is 0.925. The molecule has 0 bridgehead atoms. The summed E-state index contributed by atoms with van der Waals surface area (Å²) >= 11 is 0. The van der Waals surface area contributed by atoms with Crippen molar-refractivity contribution in [2.24, 2.45) is 5.92 Å². The van der Waals surface area contributed by atoms with Crippen molar-refractivity contribution in [1.29, 1.82) is 0 Å². The summed E-state index contributed by atoms with van der Waals surface area (Å²) in [5, 5.41) is 3.69. The number of rotatable bonds is 4. The van der Waals surface area contributed by atoms with Gasteiger partial charge in [-0.25, -0.2) is 4.98 Å². The predicted octanol–water partition coefficient (Wildman–Crippen LogP) is 2.75. The lowest BCUT2D eigenvalue weighted by atomic mass is 9.89. The van der Waals surface area contributed by atoms with Crippen LogP contribution in [0.5, 0.6) is 0 Å². The van der Waals surface area contributed by atoms with Crippen molar-refractivity contribution in [2.45, 2.75) is 64.0 Å². The van der Waals surface area contributed by atoms with Gasteiger partial charge in [0, 0.05) is 31.4 Å². The first-order chi connectivity index (χ1) is 10.3. The van der Waals surface area contributed by atoms with Crippen molar-refractivity contribution in [3.05, 3.63) is 11.9 Å². The van der Waals surface area contributed by atoms with Gasteiger partial charge in [0.2, 0.25) is 5.95 Å². The minimum Gasteiger partial charge on any atom is -0.342 e. The maximum atomic E-state index is 4.91. The molecule has 3 heterocycles. The third kappa shape index (κ3) is 2.70. The number of aryl methyl sites for hydroxylation is 1. The summed E-state index contributed by atoms with van der Waals surface area (Å²) < 4.78 is 2.47. The van der Waals surface area contributed by atoms with E-state index in [1.807, 2.05) is 0 Å². The van der Waals surface area contributed by atoms with Gasteiger partial charge in [-0.05, 0) is 57.4 Å². The summed E-state index contributed by atoms with van der Waals surface area (Å²) in [6.07, 6.45) is 11.5. The van der Waals surface area contributed by atoms with Gasteiger partial charge < -0.3 is 14.8 Å². The van der Waals surface area contributed by atoms with E-state index in [-0.39, 0.29) is 0 Å². The molecule has 3 aliphatic rings. The molecule has 0 spiro atoms. The molecule has 0 radical (unpaired) electrons. The van der Waals surface area contributed by atoms with E-state index < -0.39 is 0 Å². The summed E-state index contributed by atoms with van der Waals surface area (Å²) in [5.74, 6) is 2.14. The lowest BCUT2D eigenvalue weighted by Crippen LogP contribution is -2.41. The molecule has 4 heteroatoms. The highest BCUT2D eigenvalue weighted by atomic mass is 15.3. The van der Waals surface area contributed by atoms with Crippen LogP contribution in [0.1, 0.15) is 57.2 Å². The van der Waals surface area contributed by atoms with E-state index in [0.29, 0.717) is 0 Å². The van der Waals surface area contributed by atoms with Crippen LogP contribution >= 0.6 is 0 Å². The predicted molar refractivity (Wildman–Crippen MR) is 85.8 cm³/mol. The van der Waals surface area contributed by atoms with Crippen LogP contribution < -0.4 is 10.2 Å². The first-order valence-corrected chi connectivity index (χ1v) is 8.91. The van der Waals surface area contributed by atoms with E-state index in [0.717, 1.165) is 24.4 Å². The molecule has 4 nitrogen and oxygen atoms in total. The Kier molecular flexibility index (Phi) is 3.66. The van der Waals surface area contributed by atoms with E-state index in [2.05, 4.69) is 27.9 Å². The zero-order chi connectivity index (χ0) is 14.2. The second kappa shape index (κ2) is 5.64. The Hall–Kier alpha value is -1.03. The zero-order valence-corrected chi connectivity index (χ0v) is 13.2. The lowest BCUT2D eigenvalue weighted by molar-refractivity contribution is 0.316. The van der Waals surface area contributed by atoms with Crippen LogP contribution in [-0.2, 0) is 6.42 Å². The van der Waals surface area contributed by atoms with E-state index in [1.54, 1.807) is 0 Å². The normalized spacial score (nSPS) is 27.5. The summed E-state index contributed by atoms with van der Waals surface area (Å²) in [6.45, 7) is 5.82. The number of piperidine rings is 1. The molecule has 21 heavy (non-hydrogen) atoms. The second-order valence-corrected chi connectivity index (χ2v) is 7.05. The Bertz CT molecular complexity index is 477. The molecule has 116 valence electrons. The Labute approximate surface area is 127 Å². The maximum absolute atomic E-state index is 4.91. The van der Waals surface area contributed by atoms with E-state index in [4.69, 9.17) is 4.98 Å². The highest BCUT2D eigenvalue weighted by Crippen LogP contribution is 2.39. The monoisotopic (exact) mass is 288 g/mol. The highest BCUT2D eigenvalue weighted by Gasteiger charge is 2.32. The average Bonchev–Trinajstić information content (AvgIpc) is 3.06. The molecule has 3 fully saturated rings. The number of hydrogen-bond donors (Lipinski definition) is 1. The first kappa shape index (κ1) is 13.6.